The normalized spacial score (nSPS) is 28.6. The average Bonchev–Trinajstić information content (AvgIpc) is 3.01. The Hall–Kier alpha value is -2.21. The van der Waals surface area contributed by atoms with Crippen LogP contribution in [-0.2, 0) is 9.63 Å². The molecule has 2 fully saturated rings. The second kappa shape index (κ2) is 5.95. The maximum atomic E-state index is 12.6. The van der Waals surface area contributed by atoms with Crippen molar-refractivity contribution in [1.82, 2.24) is 9.96 Å². The van der Waals surface area contributed by atoms with Crippen LogP contribution in [0, 0.1) is 5.92 Å². The number of nitrogens with zero attached hydrogens (tertiary/aromatic N) is 2. The zero-order valence-electron chi connectivity index (χ0n) is 14.5. The fourth-order valence-corrected chi connectivity index (χ4v) is 4.66. The third-order valence-electron chi connectivity index (χ3n) is 5.66. The lowest BCUT2D eigenvalue weighted by Crippen LogP contribution is -2.49. The molecule has 3 heterocycles. The first kappa shape index (κ1) is 16.3. The van der Waals surface area contributed by atoms with Gasteiger partial charge in [0, 0.05) is 18.1 Å². The van der Waals surface area contributed by atoms with Gasteiger partial charge in [-0.3, -0.25) is 14.5 Å². The highest BCUT2D eigenvalue weighted by atomic mass is 16.7. The Bertz CT molecular complexity index is 696. The van der Waals surface area contributed by atoms with Crippen molar-refractivity contribution in [3.05, 3.63) is 35.4 Å². The number of carbonyl (C=O) groups excluding carboxylic acids is 3. The molecule has 2 atom stereocenters. The zero-order chi connectivity index (χ0) is 17.7. The van der Waals surface area contributed by atoms with Gasteiger partial charge in [-0.1, -0.05) is 17.2 Å². The summed E-state index contributed by atoms with van der Waals surface area (Å²) in [5, 5.41) is 0.629. The number of rotatable bonds is 3. The molecule has 0 radical (unpaired) electrons. The van der Waals surface area contributed by atoms with Crippen LogP contribution in [0.2, 0.25) is 0 Å². The Morgan fingerprint density at radius 1 is 1.04 bits per heavy atom. The fourth-order valence-electron chi connectivity index (χ4n) is 4.66. The van der Waals surface area contributed by atoms with E-state index in [9.17, 15) is 14.4 Å². The van der Waals surface area contributed by atoms with Gasteiger partial charge in [0.15, 0.2) is 0 Å². The Morgan fingerprint density at radius 2 is 1.56 bits per heavy atom. The predicted octanol–water partition coefficient (Wildman–Crippen LogP) is 2.39. The Morgan fingerprint density at radius 3 is 2.04 bits per heavy atom. The number of carbonyl (C=O) groups is 3. The minimum Gasteiger partial charge on any atom is -0.329 e. The summed E-state index contributed by atoms with van der Waals surface area (Å²) in [6.07, 6.45) is 3.66. The molecular weight excluding hydrogens is 320 g/mol. The molecule has 1 aromatic carbocycles. The topological polar surface area (TPSA) is 66.9 Å². The Labute approximate surface area is 146 Å². The summed E-state index contributed by atoms with van der Waals surface area (Å²) in [6.45, 7) is 4.37. The molecule has 6 nitrogen and oxygen atoms in total. The molecule has 25 heavy (non-hydrogen) atoms. The summed E-state index contributed by atoms with van der Waals surface area (Å²) in [7, 11) is 0. The van der Waals surface area contributed by atoms with Crippen LogP contribution in [0.25, 0.3) is 0 Å². The molecule has 2 amide bonds. The smallest absolute Gasteiger partial charge is 0.329 e. The number of piperidine rings is 1. The largest absolute Gasteiger partial charge is 0.336 e. The van der Waals surface area contributed by atoms with Gasteiger partial charge in [0.25, 0.3) is 11.8 Å². The first-order valence-corrected chi connectivity index (χ1v) is 8.94. The molecule has 2 bridgehead atoms. The molecule has 1 aromatic rings. The van der Waals surface area contributed by atoms with Gasteiger partial charge in [0.05, 0.1) is 17.0 Å². The van der Waals surface area contributed by atoms with Gasteiger partial charge in [-0.15, -0.1) is 0 Å². The van der Waals surface area contributed by atoms with E-state index in [0.717, 1.165) is 25.7 Å². The summed E-state index contributed by atoms with van der Waals surface area (Å²) in [5.74, 6) is -1.83. The standard InChI is InChI=1S/C19H22N2O4/c1-11(2)20-13-7-8-14(20)10-12(9-13)19(24)25-21-17(22)15-5-3-4-6-16(15)18(21)23/h3-6,11-14H,7-10H2,1-2H3. The van der Waals surface area contributed by atoms with Crippen molar-refractivity contribution in [2.45, 2.75) is 57.7 Å². The number of benzene rings is 1. The number of amides is 2. The summed E-state index contributed by atoms with van der Waals surface area (Å²) >= 11 is 0. The van der Waals surface area contributed by atoms with E-state index < -0.39 is 17.8 Å². The van der Waals surface area contributed by atoms with E-state index in [4.69, 9.17) is 4.84 Å². The lowest BCUT2D eigenvalue weighted by molar-refractivity contribution is -0.176. The average molecular weight is 342 g/mol. The van der Waals surface area contributed by atoms with Gasteiger partial charge < -0.3 is 4.84 Å². The quantitative estimate of drug-likeness (QED) is 0.789. The number of fused-ring (bicyclic) bond motifs is 3. The Balaban J connectivity index is 1.46. The maximum absolute atomic E-state index is 12.6. The van der Waals surface area contributed by atoms with Crippen molar-refractivity contribution in [3.63, 3.8) is 0 Å². The minimum atomic E-state index is -0.559. The lowest BCUT2D eigenvalue weighted by Gasteiger charge is -2.40. The van der Waals surface area contributed by atoms with E-state index in [1.54, 1.807) is 24.3 Å². The van der Waals surface area contributed by atoms with Gasteiger partial charge in [-0.05, 0) is 51.7 Å². The third kappa shape index (κ3) is 2.56. The second-order valence-corrected chi connectivity index (χ2v) is 7.45. The van der Waals surface area contributed by atoms with Gasteiger partial charge >= 0.3 is 5.97 Å². The molecule has 2 saturated heterocycles. The van der Waals surface area contributed by atoms with E-state index in [1.807, 2.05) is 0 Å². The van der Waals surface area contributed by atoms with Crippen LogP contribution < -0.4 is 0 Å². The van der Waals surface area contributed by atoms with E-state index in [2.05, 4.69) is 18.7 Å². The Kier molecular flexibility index (Phi) is 3.87. The van der Waals surface area contributed by atoms with Crippen LogP contribution in [0.1, 0.15) is 60.2 Å². The first-order chi connectivity index (χ1) is 12.0. The molecule has 0 aliphatic carbocycles. The monoisotopic (exact) mass is 342 g/mol. The number of hydrogen-bond donors (Lipinski definition) is 0. The number of hydroxylamine groups is 2. The molecule has 2 unspecified atom stereocenters. The van der Waals surface area contributed by atoms with Crippen LogP contribution in [0.3, 0.4) is 0 Å². The van der Waals surface area contributed by atoms with Crippen LogP contribution in [0.15, 0.2) is 24.3 Å². The third-order valence-corrected chi connectivity index (χ3v) is 5.66. The molecule has 0 aromatic heterocycles. The number of hydrogen-bond acceptors (Lipinski definition) is 5. The molecule has 3 aliphatic heterocycles. The SMILES string of the molecule is CC(C)N1C2CCC1CC(C(=O)ON1C(=O)c3ccccc3C1=O)C2. The second-order valence-electron chi connectivity index (χ2n) is 7.45. The van der Waals surface area contributed by atoms with E-state index in [-0.39, 0.29) is 17.0 Å². The summed E-state index contributed by atoms with van der Waals surface area (Å²) < 4.78 is 0. The maximum Gasteiger partial charge on any atom is 0.336 e. The molecule has 0 N–H and O–H groups in total. The van der Waals surface area contributed by atoms with E-state index in [0.29, 0.717) is 23.2 Å². The molecule has 132 valence electrons. The summed E-state index contributed by atoms with van der Waals surface area (Å²) in [4.78, 5) is 45.0. The lowest BCUT2D eigenvalue weighted by atomic mass is 9.90. The zero-order valence-corrected chi connectivity index (χ0v) is 14.5. The van der Waals surface area contributed by atoms with Crippen molar-refractivity contribution in [1.29, 1.82) is 0 Å². The van der Waals surface area contributed by atoms with Crippen LogP contribution >= 0.6 is 0 Å². The molecule has 3 aliphatic rings. The van der Waals surface area contributed by atoms with Gasteiger partial charge in [0.1, 0.15) is 0 Å². The fraction of sp³-hybridized carbons (Fsp3) is 0.526. The van der Waals surface area contributed by atoms with E-state index >= 15 is 0 Å². The van der Waals surface area contributed by atoms with Crippen LogP contribution in [0.4, 0.5) is 0 Å². The number of imide groups is 1. The molecule has 0 spiro atoms. The first-order valence-electron chi connectivity index (χ1n) is 8.94. The van der Waals surface area contributed by atoms with Crippen LogP contribution in [0.5, 0.6) is 0 Å². The van der Waals surface area contributed by atoms with Crippen molar-refractivity contribution in [2.24, 2.45) is 5.92 Å². The minimum absolute atomic E-state index is 0.253. The molecular formula is C19H22N2O4. The van der Waals surface area contributed by atoms with Crippen molar-refractivity contribution in [3.8, 4) is 0 Å². The van der Waals surface area contributed by atoms with Crippen molar-refractivity contribution in [2.75, 3.05) is 0 Å². The highest BCUT2D eigenvalue weighted by Crippen LogP contribution is 2.40. The van der Waals surface area contributed by atoms with Crippen molar-refractivity contribution >= 4 is 17.8 Å². The molecule has 6 heteroatoms. The highest BCUT2D eigenvalue weighted by Gasteiger charge is 2.46. The van der Waals surface area contributed by atoms with Gasteiger partial charge in [0.2, 0.25) is 0 Å². The summed E-state index contributed by atoms with van der Waals surface area (Å²) in [6, 6.07) is 7.77. The van der Waals surface area contributed by atoms with Gasteiger partial charge in [-0.2, -0.15) is 0 Å². The molecule has 0 saturated carbocycles. The van der Waals surface area contributed by atoms with E-state index in [1.165, 1.54) is 0 Å². The van der Waals surface area contributed by atoms with Crippen LogP contribution in [-0.4, -0.2) is 45.9 Å². The van der Waals surface area contributed by atoms with Crippen molar-refractivity contribution < 1.29 is 19.2 Å². The summed E-state index contributed by atoms with van der Waals surface area (Å²) in [5.41, 5.74) is 0.574. The molecule has 4 rings (SSSR count). The van der Waals surface area contributed by atoms with Gasteiger partial charge in [-0.25, -0.2) is 4.79 Å². The predicted molar refractivity (Wildman–Crippen MR) is 89.5 cm³/mol. The highest BCUT2D eigenvalue weighted by molar-refractivity contribution is 6.20.